The molecule has 3 aromatic carbocycles. The minimum absolute atomic E-state index is 0.00249. The molecule has 166 valence electrons. The lowest BCUT2D eigenvalue weighted by Gasteiger charge is -2.36. The zero-order valence-electron chi connectivity index (χ0n) is 18.2. The fourth-order valence-corrected chi connectivity index (χ4v) is 4.17. The summed E-state index contributed by atoms with van der Waals surface area (Å²) in [5.41, 5.74) is 3.29. The van der Waals surface area contributed by atoms with Crippen molar-refractivity contribution in [3.05, 3.63) is 106 Å². The van der Waals surface area contributed by atoms with Gasteiger partial charge in [-0.2, -0.15) is 0 Å². The van der Waals surface area contributed by atoms with Gasteiger partial charge in [0.1, 0.15) is 5.58 Å². The summed E-state index contributed by atoms with van der Waals surface area (Å²) in [4.78, 5) is 29.7. The van der Waals surface area contributed by atoms with E-state index in [4.69, 9.17) is 4.42 Å². The maximum Gasteiger partial charge on any atom is 0.291 e. The molecule has 0 bridgehead atoms. The summed E-state index contributed by atoms with van der Waals surface area (Å²) in [5, 5.41) is 3.28. The van der Waals surface area contributed by atoms with Gasteiger partial charge < -0.3 is 14.6 Å². The molecule has 4 aromatic rings. The first kappa shape index (κ1) is 21.0. The quantitative estimate of drug-likeness (QED) is 0.500. The van der Waals surface area contributed by atoms with E-state index in [0.717, 1.165) is 38.4 Å². The second kappa shape index (κ2) is 9.30. The summed E-state index contributed by atoms with van der Waals surface area (Å²) in [6.07, 6.45) is 0. The molecule has 1 fully saturated rings. The van der Waals surface area contributed by atoms with Crippen LogP contribution in [0.1, 0.15) is 16.1 Å². The number of nitrogens with one attached hydrogen (secondary N) is 1. The highest BCUT2D eigenvalue weighted by atomic mass is 16.3. The maximum absolute atomic E-state index is 12.6. The molecule has 6 nitrogen and oxygen atoms in total. The third-order valence-electron chi connectivity index (χ3n) is 5.97. The molecule has 0 radical (unpaired) electrons. The van der Waals surface area contributed by atoms with Gasteiger partial charge in [0.2, 0.25) is 0 Å². The molecule has 0 atom stereocenters. The van der Waals surface area contributed by atoms with Crippen LogP contribution in [0.3, 0.4) is 0 Å². The lowest BCUT2D eigenvalue weighted by molar-refractivity contribution is 0.0997. The van der Waals surface area contributed by atoms with Gasteiger partial charge in [-0.25, -0.2) is 0 Å². The van der Waals surface area contributed by atoms with Crippen LogP contribution in [0.5, 0.6) is 0 Å². The molecule has 2 heterocycles. The summed E-state index contributed by atoms with van der Waals surface area (Å²) in [6, 6.07) is 26.5. The molecule has 0 aliphatic carbocycles. The van der Waals surface area contributed by atoms with Crippen molar-refractivity contribution in [2.75, 3.05) is 36.4 Å². The zero-order valence-corrected chi connectivity index (χ0v) is 18.2. The fraction of sp³-hybridized carbons (Fsp3) is 0.185. The lowest BCUT2D eigenvalue weighted by atomic mass is 10.2. The first-order valence-electron chi connectivity index (χ1n) is 11.1. The molecule has 0 saturated carbocycles. The Labute approximate surface area is 192 Å². The van der Waals surface area contributed by atoms with E-state index in [1.165, 1.54) is 11.6 Å². The number of hydrogen-bond acceptors (Lipinski definition) is 5. The summed E-state index contributed by atoms with van der Waals surface area (Å²) in [6.45, 7) is 4.91. The Hall–Kier alpha value is -3.90. The van der Waals surface area contributed by atoms with E-state index >= 15 is 0 Å². The smallest absolute Gasteiger partial charge is 0.291 e. The highest BCUT2D eigenvalue weighted by molar-refractivity contribution is 6.03. The maximum atomic E-state index is 12.6. The fourth-order valence-electron chi connectivity index (χ4n) is 4.17. The number of nitrogens with zero attached hydrogens (tertiary/aromatic N) is 2. The standard InChI is InChI=1S/C27H25N3O3/c31-24-18-26(33-25-9-5-4-8-23(24)25)27(32)28-21-10-12-22(13-11-21)30-16-14-29(15-17-30)19-20-6-2-1-3-7-20/h1-13,18H,14-17,19H2,(H,28,32). The van der Waals surface area contributed by atoms with E-state index in [1.807, 2.05) is 30.3 Å². The Balaban J connectivity index is 1.20. The van der Waals surface area contributed by atoms with E-state index in [9.17, 15) is 9.59 Å². The van der Waals surface area contributed by atoms with E-state index in [-0.39, 0.29) is 11.2 Å². The van der Waals surface area contributed by atoms with Crippen LogP contribution in [0, 0.1) is 0 Å². The molecular weight excluding hydrogens is 414 g/mol. The highest BCUT2D eigenvalue weighted by Gasteiger charge is 2.18. The molecule has 1 amide bonds. The molecule has 6 heteroatoms. The van der Waals surface area contributed by atoms with Crippen molar-refractivity contribution in [3.63, 3.8) is 0 Å². The van der Waals surface area contributed by atoms with Crippen LogP contribution in [0.2, 0.25) is 0 Å². The SMILES string of the molecule is O=C(Nc1ccc(N2CCN(Cc3ccccc3)CC2)cc1)c1cc(=O)c2ccccc2o1. The van der Waals surface area contributed by atoms with Gasteiger partial charge in [0.15, 0.2) is 11.2 Å². The van der Waals surface area contributed by atoms with E-state index < -0.39 is 5.91 Å². The van der Waals surface area contributed by atoms with E-state index in [0.29, 0.717) is 16.7 Å². The van der Waals surface area contributed by atoms with Crippen LogP contribution >= 0.6 is 0 Å². The van der Waals surface area contributed by atoms with E-state index in [2.05, 4.69) is 39.4 Å². The van der Waals surface area contributed by atoms with Gasteiger partial charge >= 0.3 is 0 Å². The van der Waals surface area contributed by atoms with Gasteiger partial charge in [-0.1, -0.05) is 42.5 Å². The Bertz CT molecular complexity index is 1310. The summed E-state index contributed by atoms with van der Waals surface area (Å²) >= 11 is 0. The third-order valence-corrected chi connectivity index (χ3v) is 5.97. The Morgan fingerprint density at radius 3 is 2.30 bits per heavy atom. The van der Waals surface area contributed by atoms with Crippen LogP contribution in [0.4, 0.5) is 11.4 Å². The monoisotopic (exact) mass is 439 g/mol. The lowest BCUT2D eigenvalue weighted by Crippen LogP contribution is -2.45. The minimum atomic E-state index is -0.444. The third kappa shape index (κ3) is 4.81. The minimum Gasteiger partial charge on any atom is -0.451 e. The topological polar surface area (TPSA) is 65.8 Å². The second-order valence-corrected chi connectivity index (χ2v) is 8.22. The Kier molecular flexibility index (Phi) is 5.91. The van der Waals surface area contributed by atoms with Crippen LogP contribution in [0.25, 0.3) is 11.0 Å². The Morgan fingerprint density at radius 2 is 1.55 bits per heavy atom. The van der Waals surface area contributed by atoms with Gasteiger partial charge in [0.05, 0.1) is 5.39 Å². The molecular formula is C27H25N3O3. The van der Waals surface area contributed by atoms with Gasteiger partial charge in [0, 0.05) is 50.2 Å². The molecule has 0 spiro atoms. The average Bonchev–Trinajstić information content (AvgIpc) is 2.86. The van der Waals surface area contributed by atoms with Crippen molar-refractivity contribution in [2.45, 2.75) is 6.54 Å². The molecule has 0 unspecified atom stereocenters. The van der Waals surface area contributed by atoms with Crippen molar-refractivity contribution < 1.29 is 9.21 Å². The number of benzene rings is 3. The largest absolute Gasteiger partial charge is 0.451 e. The zero-order chi connectivity index (χ0) is 22.6. The first-order valence-corrected chi connectivity index (χ1v) is 11.1. The number of anilines is 2. The van der Waals surface area contributed by atoms with Crippen LogP contribution in [-0.4, -0.2) is 37.0 Å². The molecule has 5 rings (SSSR count). The predicted molar refractivity (Wildman–Crippen MR) is 131 cm³/mol. The first-order chi connectivity index (χ1) is 16.2. The number of hydrogen-bond donors (Lipinski definition) is 1. The molecule has 33 heavy (non-hydrogen) atoms. The molecule has 1 saturated heterocycles. The number of rotatable bonds is 5. The predicted octanol–water partition coefficient (Wildman–Crippen LogP) is 4.37. The van der Waals surface area contributed by atoms with Crippen LogP contribution in [-0.2, 0) is 6.54 Å². The number of carbonyl (C=O) groups is 1. The summed E-state index contributed by atoms with van der Waals surface area (Å²) < 4.78 is 5.62. The van der Waals surface area contributed by atoms with Crippen LogP contribution in [0.15, 0.2) is 94.1 Å². The summed E-state index contributed by atoms with van der Waals surface area (Å²) in [7, 11) is 0. The Morgan fingerprint density at radius 1 is 0.848 bits per heavy atom. The van der Waals surface area contributed by atoms with Crippen molar-refractivity contribution in [1.82, 2.24) is 4.90 Å². The molecule has 1 N–H and O–H groups in total. The number of piperazine rings is 1. The van der Waals surface area contributed by atoms with Crippen molar-refractivity contribution in [3.8, 4) is 0 Å². The van der Waals surface area contributed by atoms with Crippen molar-refractivity contribution in [2.24, 2.45) is 0 Å². The van der Waals surface area contributed by atoms with Gasteiger partial charge in [-0.3, -0.25) is 14.5 Å². The van der Waals surface area contributed by atoms with Gasteiger partial charge in [-0.05, 0) is 42.0 Å². The van der Waals surface area contributed by atoms with Gasteiger partial charge in [-0.15, -0.1) is 0 Å². The molecule has 1 aliphatic rings. The van der Waals surface area contributed by atoms with E-state index in [1.54, 1.807) is 24.3 Å². The molecule has 1 aliphatic heterocycles. The van der Waals surface area contributed by atoms with Crippen molar-refractivity contribution in [1.29, 1.82) is 0 Å². The number of fused-ring (bicyclic) bond motifs is 1. The second-order valence-electron chi connectivity index (χ2n) is 8.22. The highest BCUT2D eigenvalue weighted by Crippen LogP contribution is 2.21. The average molecular weight is 440 g/mol. The number of carbonyl (C=O) groups excluding carboxylic acids is 1. The number of para-hydroxylation sites is 1. The normalized spacial score (nSPS) is 14.4. The van der Waals surface area contributed by atoms with Crippen LogP contribution < -0.4 is 15.6 Å². The van der Waals surface area contributed by atoms with Gasteiger partial charge in [0.25, 0.3) is 5.91 Å². The molecule has 1 aromatic heterocycles. The van der Waals surface area contributed by atoms with Crippen molar-refractivity contribution >= 4 is 28.3 Å². The summed E-state index contributed by atoms with van der Waals surface area (Å²) in [5.74, 6) is -0.447. The number of amides is 1.